The van der Waals surface area contributed by atoms with Crippen LogP contribution in [0, 0.1) is 0 Å². The molecule has 7 heteroatoms. The Morgan fingerprint density at radius 2 is 1.84 bits per heavy atom. The van der Waals surface area contributed by atoms with Gasteiger partial charge in [-0.15, -0.1) is 0 Å². The highest BCUT2D eigenvalue weighted by atomic mass is 32.2. The van der Waals surface area contributed by atoms with Crippen molar-refractivity contribution in [3.63, 3.8) is 0 Å². The first-order valence-electron chi connectivity index (χ1n) is 6.02. The predicted molar refractivity (Wildman–Crippen MR) is 73.3 cm³/mol. The number of benzene rings is 1. The van der Waals surface area contributed by atoms with Crippen LogP contribution in [-0.2, 0) is 15.0 Å². The molecular weight excluding hydrogens is 266 g/mol. The first-order chi connectivity index (χ1) is 8.90. The quantitative estimate of drug-likeness (QED) is 0.593. The molecule has 0 radical (unpaired) electrons. The second-order valence-corrected chi connectivity index (χ2v) is 5.68. The second kappa shape index (κ2) is 7.22. The van der Waals surface area contributed by atoms with E-state index in [4.69, 9.17) is 10.9 Å². The standard InChI is InChI=1S/C12H19N3O3S/c13-12(16)11(10-6-2-1-3-7-10)8-4-5-9-15-19(14,17)18/h1-3,6-7,11,15H,4-5,8-9H2,(H2,13,16)(H2,14,17,18). The average molecular weight is 285 g/mol. The molecule has 19 heavy (non-hydrogen) atoms. The Kier molecular flexibility index (Phi) is 5.94. The predicted octanol–water partition coefficient (Wildman–Crippen LogP) is 0.219. The van der Waals surface area contributed by atoms with Crippen LogP contribution in [0.1, 0.15) is 30.7 Å². The van der Waals surface area contributed by atoms with Gasteiger partial charge in [-0.3, -0.25) is 4.79 Å². The third kappa shape index (κ3) is 6.32. The third-order valence-electron chi connectivity index (χ3n) is 2.77. The van der Waals surface area contributed by atoms with E-state index in [0.29, 0.717) is 19.3 Å². The van der Waals surface area contributed by atoms with Crippen LogP contribution < -0.4 is 15.6 Å². The molecule has 106 valence electrons. The minimum atomic E-state index is -3.63. The Balaban J connectivity index is 2.42. The Bertz CT molecular complexity index is 502. The zero-order chi connectivity index (χ0) is 14.3. The van der Waals surface area contributed by atoms with Crippen molar-refractivity contribution in [2.24, 2.45) is 10.9 Å². The molecule has 1 amide bonds. The summed E-state index contributed by atoms with van der Waals surface area (Å²) in [5.74, 6) is -0.707. The fraction of sp³-hybridized carbons (Fsp3) is 0.417. The molecule has 1 aromatic rings. The summed E-state index contributed by atoms with van der Waals surface area (Å²) in [6.45, 7) is 0.263. The van der Waals surface area contributed by atoms with Crippen molar-refractivity contribution in [1.82, 2.24) is 4.72 Å². The van der Waals surface area contributed by atoms with Gasteiger partial charge in [0.1, 0.15) is 0 Å². The number of unbranched alkanes of at least 4 members (excludes halogenated alkanes) is 1. The molecule has 0 fully saturated rings. The largest absolute Gasteiger partial charge is 0.369 e. The molecule has 0 aromatic heterocycles. The molecule has 1 unspecified atom stereocenters. The normalized spacial score (nSPS) is 13.1. The topological polar surface area (TPSA) is 115 Å². The van der Waals surface area contributed by atoms with Crippen LogP contribution in [0.15, 0.2) is 30.3 Å². The summed E-state index contributed by atoms with van der Waals surface area (Å²) in [7, 11) is -3.63. The number of primary amides is 1. The zero-order valence-electron chi connectivity index (χ0n) is 10.6. The van der Waals surface area contributed by atoms with E-state index in [2.05, 4.69) is 4.72 Å². The molecule has 6 nitrogen and oxygen atoms in total. The Morgan fingerprint density at radius 3 is 2.37 bits per heavy atom. The van der Waals surface area contributed by atoms with Gasteiger partial charge in [0.05, 0.1) is 5.92 Å². The van der Waals surface area contributed by atoms with Gasteiger partial charge in [0, 0.05) is 6.54 Å². The minimum absolute atomic E-state index is 0.263. The highest BCUT2D eigenvalue weighted by molar-refractivity contribution is 7.87. The van der Waals surface area contributed by atoms with Crippen molar-refractivity contribution in [2.45, 2.75) is 25.2 Å². The number of hydrogen-bond acceptors (Lipinski definition) is 3. The van der Waals surface area contributed by atoms with Crippen molar-refractivity contribution >= 4 is 16.1 Å². The fourth-order valence-corrected chi connectivity index (χ4v) is 2.28. The molecule has 0 saturated heterocycles. The summed E-state index contributed by atoms with van der Waals surface area (Å²) in [4.78, 5) is 11.4. The molecule has 0 heterocycles. The second-order valence-electron chi connectivity index (χ2n) is 4.30. The summed E-state index contributed by atoms with van der Waals surface area (Å²) < 4.78 is 23.5. The highest BCUT2D eigenvalue weighted by Gasteiger charge is 2.16. The van der Waals surface area contributed by atoms with Gasteiger partial charge < -0.3 is 5.73 Å². The van der Waals surface area contributed by atoms with E-state index in [9.17, 15) is 13.2 Å². The molecule has 0 aliphatic rings. The number of nitrogens with two attached hydrogens (primary N) is 2. The van der Waals surface area contributed by atoms with Crippen LogP contribution >= 0.6 is 0 Å². The summed E-state index contributed by atoms with van der Waals surface area (Å²) >= 11 is 0. The van der Waals surface area contributed by atoms with Crippen LogP contribution in [0.4, 0.5) is 0 Å². The van der Waals surface area contributed by atoms with Crippen molar-refractivity contribution < 1.29 is 13.2 Å². The summed E-state index contributed by atoms with van der Waals surface area (Å²) in [6.07, 6.45) is 1.88. The van der Waals surface area contributed by atoms with E-state index in [0.717, 1.165) is 5.56 Å². The molecule has 0 aliphatic carbocycles. The molecule has 0 spiro atoms. The Labute approximate surface area is 113 Å². The minimum Gasteiger partial charge on any atom is -0.369 e. The van der Waals surface area contributed by atoms with E-state index in [-0.39, 0.29) is 18.4 Å². The first kappa shape index (κ1) is 15.6. The van der Waals surface area contributed by atoms with Crippen LogP contribution in [0.2, 0.25) is 0 Å². The van der Waals surface area contributed by atoms with E-state index in [1.807, 2.05) is 30.3 Å². The summed E-state index contributed by atoms with van der Waals surface area (Å²) in [5.41, 5.74) is 6.27. The lowest BCUT2D eigenvalue weighted by Crippen LogP contribution is -2.31. The number of hydrogen-bond donors (Lipinski definition) is 3. The maximum Gasteiger partial charge on any atom is 0.274 e. The van der Waals surface area contributed by atoms with Gasteiger partial charge in [0.25, 0.3) is 10.2 Å². The average Bonchev–Trinajstić information content (AvgIpc) is 2.33. The fourth-order valence-electron chi connectivity index (χ4n) is 1.85. The Hall–Kier alpha value is -1.44. The van der Waals surface area contributed by atoms with Crippen molar-refractivity contribution in [2.75, 3.05) is 6.54 Å². The maximum absolute atomic E-state index is 11.4. The molecule has 5 N–H and O–H groups in total. The zero-order valence-corrected chi connectivity index (χ0v) is 11.4. The number of nitrogens with one attached hydrogen (secondary N) is 1. The van der Waals surface area contributed by atoms with Crippen LogP contribution in [-0.4, -0.2) is 20.9 Å². The molecule has 1 rings (SSSR count). The number of carbonyl (C=O) groups excluding carboxylic acids is 1. The van der Waals surface area contributed by atoms with Gasteiger partial charge in [0.2, 0.25) is 5.91 Å². The number of amides is 1. The maximum atomic E-state index is 11.4. The summed E-state index contributed by atoms with van der Waals surface area (Å²) in [5, 5.41) is 4.80. The SMILES string of the molecule is NC(=O)C(CCCCNS(N)(=O)=O)c1ccccc1. The lowest BCUT2D eigenvalue weighted by Gasteiger charge is -2.13. The van der Waals surface area contributed by atoms with Gasteiger partial charge >= 0.3 is 0 Å². The van der Waals surface area contributed by atoms with Gasteiger partial charge in [-0.25, -0.2) is 9.86 Å². The van der Waals surface area contributed by atoms with E-state index >= 15 is 0 Å². The van der Waals surface area contributed by atoms with Crippen molar-refractivity contribution in [3.8, 4) is 0 Å². The molecule has 1 atom stereocenters. The lowest BCUT2D eigenvalue weighted by atomic mass is 9.93. The molecule has 0 bridgehead atoms. The van der Waals surface area contributed by atoms with Crippen molar-refractivity contribution in [1.29, 1.82) is 0 Å². The van der Waals surface area contributed by atoms with Gasteiger partial charge in [-0.05, 0) is 18.4 Å². The van der Waals surface area contributed by atoms with Crippen LogP contribution in [0.3, 0.4) is 0 Å². The molecule has 0 saturated carbocycles. The van der Waals surface area contributed by atoms with Crippen LogP contribution in [0.5, 0.6) is 0 Å². The molecular formula is C12H19N3O3S. The molecule has 0 aliphatic heterocycles. The van der Waals surface area contributed by atoms with Crippen molar-refractivity contribution in [3.05, 3.63) is 35.9 Å². The van der Waals surface area contributed by atoms with E-state index < -0.39 is 10.2 Å². The molecule has 1 aromatic carbocycles. The van der Waals surface area contributed by atoms with E-state index in [1.165, 1.54) is 0 Å². The highest BCUT2D eigenvalue weighted by Crippen LogP contribution is 2.21. The first-order valence-corrected chi connectivity index (χ1v) is 7.56. The van der Waals surface area contributed by atoms with Gasteiger partial charge in [0.15, 0.2) is 0 Å². The Morgan fingerprint density at radius 1 is 1.21 bits per heavy atom. The lowest BCUT2D eigenvalue weighted by molar-refractivity contribution is -0.119. The third-order valence-corrected chi connectivity index (χ3v) is 3.37. The monoisotopic (exact) mass is 285 g/mol. The number of rotatable bonds is 8. The van der Waals surface area contributed by atoms with Crippen LogP contribution in [0.25, 0.3) is 0 Å². The smallest absolute Gasteiger partial charge is 0.274 e. The van der Waals surface area contributed by atoms with Gasteiger partial charge in [-0.1, -0.05) is 36.8 Å². The van der Waals surface area contributed by atoms with E-state index in [1.54, 1.807) is 0 Å². The van der Waals surface area contributed by atoms with Gasteiger partial charge in [-0.2, -0.15) is 8.42 Å². The summed E-state index contributed by atoms with van der Waals surface area (Å²) in [6, 6.07) is 9.30. The number of carbonyl (C=O) groups is 1.